The quantitative estimate of drug-likeness (QED) is 0.794. The van der Waals surface area contributed by atoms with E-state index < -0.39 is 42.4 Å². The number of imidazole rings is 1. The Morgan fingerprint density at radius 3 is 2.59 bits per heavy atom. The molecule has 27 heavy (non-hydrogen) atoms. The summed E-state index contributed by atoms with van der Waals surface area (Å²) in [6.45, 7) is -0.571. The van der Waals surface area contributed by atoms with E-state index in [1.165, 1.54) is 12.1 Å². The van der Waals surface area contributed by atoms with Crippen LogP contribution in [0.25, 0.3) is 11.0 Å². The molecule has 0 spiro atoms. The average Bonchev–Trinajstić information content (AvgIpc) is 2.80. The number of para-hydroxylation sites is 2. The Morgan fingerprint density at radius 1 is 1.19 bits per heavy atom. The summed E-state index contributed by atoms with van der Waals surface area (Å²) in [5.41, 5.74) is 0.353. The Kier molecular flexibility index (Phi) is 5.38. The van der Waals surface area contributed by atoms with Crippen LogP contribution in [0.2, 0.25) is 0 Å². The summed E-state index contributed by atoms with van der Waals surface area (Å²) in [5, 5.41) is 12.0. The number of hydrogen-bond acceptors (Lipinski definition) is 3. The predicted octanol–water partition coefficient (Wildman–Crippen LogP) is 3.20. The summed E-state index contributed by atoms with van der Waals surface area (Å²) in [6.07, 6.45) is -1.35. The van der Waals surface area contributed by atoms with Crippen LogP contribution >= 0.6 is 0 Å². The third-order valence-electron chi connectivity index (χ3n) is 4.89. The zero-order valence-corrected chi connectivity index (χ0v) is 14.5. The molecule has 1 fully saturated rings. The Hall–Kier alpha value is -2.58. The highest BCUT2D eigenvalue weighted by atomic mass is 19.4. The molecule has 146 valence electrons. The van der Waals surface area contributed by atoms with E-state index in [4.69, 9.17) is 0 Å². The van der Waals surface area contributed by atoms with Crippen LogP contribution in [0.15, 0.2) is 24.3 Å². The molecule has 6 nitrogen and oxygen atoms in total. The number of carboxylic acids is 1. The van der Waals surface area contributed by atoms with Crippen LogP contribution in [-0.4, -0.2) is 32.6 Å². The zero-order chi connectivity index (χ0) is 19.6. The number of carbonyl (C=O) groups is 2. The normalized spacial score (nSPS) is 21.0. The van der Waals surface area contributed by atoms with Gasteiger partial charge in [-0.3, -0.25) is 9.59 Å². The van der Waals surface area contributed by atoms with Gasteiger partial charge >= 0.3 is 12.1 Å². The topological polar surface area (TPSA) is 84.2 Å². The van der Waals surface area contributed by atoms with Crippen molar-refractivity contribution in [3.8, 4) is 0 Å². The molecule has 1 heterocycles. The molecule has 9 heteroatoms. The molecule has 1 saturated carbocycles. The second-order valence-electron chi connectivity index (χ2n) is 6.76. The van der Waals surface area contributed by atoms with Crippen molar-refractivity contribution in [2.75, 3.05) is 0 Å². The molecule has 2 N–H and O–H groups in total. The van der Waals surface area contributed by atoms with E-state index in [0.29, 0.717) is 12.8 Å². The fraction of sp³-hybridized carbons (Fsp3) is 0.500. The van der Waals surface area contributed by atoms with Crippen LogP contribution in [-0.2, 0) is 22.3 Å². The third kappa shape index (κ3) is 4.23. The van der Waals surface area contributed by atoms with Crippen molar-refractivity contribution >= 4 is 22.9 Å². The van der Waals surface area contributed by atoms with E-state index in [1.54, 1.807) is 12.1 Å². The predicted molar refractivity (Wildman–Crippen MR) is 90.9 cm³/mol. The molecule has 1 aromatic heterocycles. The van der Waals surface area contributed by atoms with Crippen molar-refractivity contribution in [1.29, 1.82) is 0 Å². The van der Waals surface area contributed by atoms with Crippen molar-refractivity contribution < 1.29 is 27.9 Å². The van der Waals surface area contributed by atoms with Crippen molar-refractivity contribution in [2.45, 2.75) is 50.9 Å². The molecule has 0 aliphatic heterocycles. The van der Waals surface area contributed by atoms with E-state index in [-0.39, 0.29) is 11.0 Å². The molecule has 2 aromatic rings. The van der Waals surface area contributed by atoms with Gasteiger partial charge in [0.25, 0.3) is 0 Å². The highest BCUT2D eigenvalue weighted by Gasteiger charge is 2.38. The molecule has 2 atom stereocenters. The zero-order valence-electron chi connectivity index (χ0n) is 14.5. The van der Waals surface area contributed by atoms with Gasteiger partial charge in [0.05, 0.1) is 17.0 Å². The highest BCUT2D eigenvalue weighted by Crippen LogP contribution is 2.31. The number of aromatic nitrogens is 2. The van der Waals surface area contributed by atoms with Crippen LogP contribution < -0.4 is 5.32 Å². The summed E-state index contributed by atoms with van der Waals surface area (Å²) in [4.78, 5) is 27.5. The number of amides is 1. The molecule has 1 aliphatic carbocycles. The number of halogens is 3. The molecule has 3 rings (SSSR count). The van der Waals surface area contributed by atoms with Gasteiger partial charge in [0.1, 0.15) is 6.54 Å². The van der Waals surface area contributed by atoms with Gasteiger partial charge in [-0.15, -0.1) is 0 Å². The van der Waals surface area contributed by atoms with Gasteiger partial charge in [-0.25, -0.2) is 4.98 Å². The van der Waals surface area contributed by atoms with E-state index in [0.717, 1.165) is 23.8 Å². The highest BCUT2D eigenvalue weighted by molar-refractivity contribution is 5.82. The first-order valence-electron chi connectivity index (χ1n) is 8.82. The van der Waals surface area contributed by atoms with E-state index in [9.17, 15) is 27.9 Å². The van der Waals surface area contributed by atoms with E-state index in [2.05, 4.69) is 10.3 Å². The van der Waals surface area contributed by atoms with Crippen LogP contribution in [0.1, 0.15) is 37.9 Å². The number of aliphatic carboxylic acids is 1. The second-order valence-corrected chi connectivity index (χ2v) is 6.76. The fourth-order valence-corrected chi connectivity index (χ4v) is 3.62. The van der Waals surface area contributed by atoms with Gasteiger partial charge in [-0.2, -0.15) is 13.2 Å². The fourth-order valence-electron chi connectivity index (χ4n) is 3.62. The number of rotatable bonds is 4. The first-order valence-corrected chi connectivity index (χ1v) is 8.82. The lowest BCUT2D eigenvalue weighted by Crippen LogP contribution is -2.44. The molecular weight excluding hydrogens is 363 g/mol. The minimum atomic E-state index is -4.70. The van der Waals surface area contributed by atoms with Crippen molar-refractivity contribution in [3.63, 3.8) is 0 Å². The number of carbonyl (C=O) groups excluding carboxylic acids is 1. The Bertz CT molecular complexity index is 847. The molecule has 0 radical (unpaired) electrons. The minimum absolute atomic E-state index is 0.149. The largest absolute Gasteiger partial charge is 0.481 e. The van der Waals surface area contributed by atoms with Gasteiger partial charge < -0.3 is 15.0 Å². The maximum atomic E-state index is 13.3. The standard InChI is InChI=1S/C18H20F3N3O3/c19-18(20,21)17-23-13-8-4-5-9-14(13)24(17)10-15(25)22-12-7-3-1-2-6-11(12)16(26)27/h4-5,8-9,11-12H,1-3,6-7,10H2,(H,22,25)(H,26,27)/t11-,12+/m1/s1. The lowest BCUT2D eigenvalue weighted by molar-refractivity contribution is -0.147. The van der Waals surface area contributed by atoms with E-state index >= 15 is 0 Å². The molecule has 0 saturated heterocycles. The van der Waals surface area contributed by atoms with Gasteiger partial charge in [0.2, 0.25) is 11.7 Å². The molecular formula is C18H20F3N3O3. The number of benzene rings is 1. The van der Waals surface area contributed by atoms with Crippen molar-refractivity contribution in [3.05, 3.63) is 30.1 Å². The molecule has 1 aliphatic rings. The summed E-state index contributed by atoms with van der Waals surface area (Å²) in [5.74, 6) is -3.51. The first kappa shape index (κ1) is 19.2. The number of alkyl halides is 3. The minimum Gasteiger partial charge on any atom is -0.481 e. The number of nitrogens with one attached hydrogen (secondary N) is 1. The molecule has 0 unspecified atom stereocenters. The second kappa shape index (κ2) is 7.58. The lowest BCUT2D eigenvalue weighted by Gasteiger charge is -2.23. The number of nitrogens with zero attached hydrogens (tertiary/aromatic N) is 2. The Balaban J connectivity index is 1.84. The van der Waals surface area contributed by atoms with Crippen LogP contribution in [0.3, 0.4) is 0 Å². The number of hydrogen-bond donors (Lipinski definition) is 2. The summed E-state index contributed by atoms with van der Waals surface area (Å²) < 4.78 is 40.8. The van der Waals surface area contributed by atoms with Crippen molar-refractivity contribution in [2.24, 2.45) is 5.92 Å². The molecule has 1 aromatic carbocycles. The lowest BCUT2D eigenvalue weighted by atomic mass is 9.95. The Morgan fingerprint density at radius 2 is 1.89 bits per heavy atom. The van der Waals surface area contributed by atoms with E-state index in [1.807, 2.05) is 0 Å². The van der Waals surface area contributed by atoms with Crippen LogP contribution in [0.4, 0.5) is 13.2 Å². The average molecular weight is 383 g/mol. The van der Waals surface area contributed by atoms with Gasteiger partial charge in [0.15, 0.2) is 0 Å². The summed E-state index contributed by atoms with van der Waals surface area (Å²) >= 11 is 0. The van der Waals surface area contributed by atoms with Crippen LogP contribution in [0, 0.1) is 5.92 Å². The van der Waals surface area contributed by atoms with Gasteiger partial charge in [-0.1, -0.05) is 31.4 Å². The maximum absolute atomic E-state index is 13.3. The number of fused-ring (bicyclic) bond motifs is 1. The molecule has 0 bridgehead atoms. The monoisotopic (exact) mass is 383 g/mol. The number of carboxylic acid groups (broad SMARTS) is 1. The molecule has 1 amide bonds. The van der Waals surface area contributed by atoms with Crippen molar-refractivity contribution in [1.82, 2.24) is 14.9 Å². The van der Waals surface area contributed by atoms with Gasteiger partial charge in [0, 0.05) is 6.04 Å². The maximum Gasteiger partial charge on any atom is 0.449 e. The van der Waals surface area contributed by atoms with Gasteiger partial charge in [-0.05, 0) is 25.0 Å². The Labute approximate surface area is 153 Å². The third-order valence-corrected chi connectivity index (χ3v) is 4.89. The smallest absolute Gasteiger partial charge is 0.449 e. The first-order chi connectivity index (χ1) is 12.8. The van der Waals surface area contributed by atoms with Crippen LogP contribution in [0.5, 0.6) is 0 Å². The summed E-state index contributed by atoms with van der Waals surface area (Å²) in [7, 11) is 0. The summed E-state index contributed by atoms with van der Waals surface area (Å²) in [6, 6.07) is 5.48. The SMILES string of the molecule is O=C(Cn1c(C(F)(F)F)nc2ccccc21)N[C@H]1CCCCC[C@H]1C(=O)O.